The fourth-order valence-electron chi connectivity index (χ4n) is 4.59. The Morgan fingerprint density at radius 2 is 1.88 bits per heavy atom. The fraction of sp³-hybridized carbons (Fsp3) is 0.407. The lowest BCUT2D eigenvalue weighted by molar-refractivity contribution is -0.145. The third-order valence-electron chi connectivity index (χ3n) is 6.18. The summed E-state index contributed by atoms with van der Waals surface area (Å²) in [5, 5.41) is 0.748. The molecule has 1 aromatic heterocycles. The van der Waals surface area contributed by atoms with E-state index in [1.165, 1.54) is 17.0 Å². The highest BCUT2D eigenvalue weighted by Crippen LogP contribution is 2.37. The minimum absolute atomic E-state index is 0.131. The molecule has 0 N–H and O–H groups in total. The molecule has 1 unspecified atom stereocenters. The number of fused-ring (bicyclic) bond motifs is 1. The predicted molar refractivity (Wildman–Crippen MR) is 128 cm³/mol. The molecule has 1 aliphatic rings. The summed E-state index contributed by atoms with van der Waals surface area (Å²) in [7, 11) is 0. The van der Waals surface area contributed by atoms with Crippen LogP contribution in [0.5, 0.6) is 0 Å². The van der Waals surface area contributed by atoms with Crippen LogP contribution in [0.15, 0.2) is 54.6 Å². The van der Waals surface area contributed by atoms with E-state index in [9.17, 15) is 4.79 Å². The Hall–Kier alpha value is -2.59. The first kappa shape index (κ1) is 22.6. The van der Waals surface area contributed by atoms with Crippen LogP contribution in [0.3, 0.4) is 0 Å². The van der Waals surface area contributed by atoms with Crippen molar-refractivity contribution in [3.05, 3.63) is 88.0 Å². The Morgan fingerprint density at radius 1 is 1.12 bits per heavy atom. The minimum Gasteiger partial charge on any atom is -0.461 e. The number of esters is 1. The largest absolute Gasteiger partial charge is 0.461 e. The Labute approximate surface area is 195 Å². The standard InChI is InChI=1S/C27H31ClN2O2/c1-19(2)27-29-24-10-6-9-22(13-16-25(31)32-18-21-7-4-3-5-8-21)26(24)30(27)17-20-11-14-23(28)15-12-20/h3-5,7-8,11-12,14-15,19,22H,6,9-10,13,16-18H2,1-2H3. The first-order valence-electron chi connectivity index (χ1n) is 11.5. The molecule has 3 aromatic rings. The maximum absolute atomic E-state index is 12.4. The van der Waals surface area contributed by atoms with Crippen LogP contribution in [0.1, 0.15) is 79.7 Å². The van der Waals surface area contributed by atoms with Crippen molar-refractivity contribution in [1.82, 2.24) is 9.55 Å². The van der Waals surface area contributed by atoms with Crippen molar-refractivity contribution in [2.45, 2.75) is 70.9 Å². The molecular formula is C27H31ClN2O2. The smallest absolute Gasteiger partial charge is 0.306 e. The van der Waals surface area contributed by atoms with Crippen molar-refractivity contribution in [3.8, 4) is 0 Å². The zero-order chi connectivity index (χ0) is 22.5. The summed E-state index contributed by atoms with van der Waals surface area (Å²) < 4.78 is 7.91. The number of carbonyl (C=O) groups excluding carboxylic acids is 1. The van der Waals surface area contributed by atoms with E-state index in [1.54, 1.807) is 0 Å². The van der Waals surface area contributed by atoms with Gasteiger partial charge in [0.05, 0.1) is 5.69 Å². The van der Waals surface area contributed by atoms with Gasteiger partial charge in [-0.25, -0.2) is 4.98 Å². The van der Waals surface area contributed by atoms with Crippen LogP contribution in [0, 0.1) is 0 Å². The molecular weight excluding hydrogens is 420 g/mol. The van der Waals surface area contributed by atoms with Crippen molar-refractivity contribution in [3.63, 3.8) is 0 Å². The second-order valence-corrected chi connectivity index (χ2v) is 9.38. The molecule has 1 aliphatic carbocycles. The summed E-state index contributed by atoms with van der Waals surface area (Å²) >= 11 is 6.09. The van der Waals surface area contributed by atoms with E-state index in [2.05, 4.69) is 30.5 Å². The molecule has 2 aromatic carbocycles. The Kier molecular flexibility index (Phi) is 7.31. The number of hydrogen-bond donors (Lipinski definition) is 0. The molecule has 0 bridgehead atoms. The SMILES string of the molecule is CC(C)c1nc2c(n1Cc1ccc(Cl)cc1)C(CCC(=O)OCc1ccccc1)CCC2. The number of rotatable bonds is 8. The van der Waals surface area contributed by atoms with Crippen molar-refractivity contribution >= 4 is 17.6 Å². The monoisotopic (exact) mass is 450 g/mol. The predicted octanol–water partition coefficient (Wildman–Crippen LogP) is 6.65. The fourth-order valence-corrected chi connectivity index (χ4v) is 4.72. The van der Waals surface area contributed by atoms with Crippen LogP contribution in [-0.4, -0.2) is 15.5 Å². The van der Waals surface area contributed by atoms with Gasteiger partial charge in [0.25, 0.3) is 0 Å². The van der Waals surface area contributed by atoms with Gasteiger partial charge in [0.15, 0.2) is 0 Å². The van der Waals surface area contributed by atoms with E-state index in [1.807, 2.05) is 42.5 Å². The number of imidazole rings is 1. The molecule has 0 saturated carbocycles. The molecule has 0 radical (unpaired) electrons. The van der Waals surface area contributed by atoms with Crippen LogP contribution in [0.2, 0.25) is 5.02 Å². The van der Waals surface area contributed by atoms with Crippen LogP contribution in [0.4, 0.5) is 0 Å². The van der Waals surface area contributed by atoms with E-state index in [0.29, 0.717) is 24.9 Å². The Bertz CT molecular complexity index is 1040. The lowest BCUT2D eigenvalue weighted by Gasteiger charge is -2.25. The van der Waals surface area contributed by atoms with Crippen LogP contribution in [-0.2, 0) is 29.1 Å². The van der Waals surface area contributed by atoms with Crippen LogP contribution < -0.4 is 0 Å². The molecule has 168 valence electrons. The van der Waals surface area contributed by atoms with Gasteiger partial charge in [0, 0.05) is 35.5 Å². The molecule has 32 heavy (non-hydrogen) atoms. The van der Waals surface area contributed by atoms with E-state index >= 15 is 0 Å². The number of carbonyl (C=O) groups is 1. The average molecular weight is 451 g/mol. The number of aromatic nitrogens is 2. The summed E-state index contributed by atoms with van der Waals surface area (Å²) in [4.78, 5) is 17.5. The van der Waals surface area contributed by atoms with Gasteiger partial charge in [0.2, 0.25) is 0 Å². The second-order valence-electron chi connectivity index (χ2n) is 8.94. The van der Waals surface area contributed by atoms with Crippen molar-refractivity contribution in [2.75, 3.05) is 0 Å². The van der Waals surface area contributed by atoms with Gasteiger partial charge in [-0.2, -0.15) is 0 Å². The highest BCUT2D eigenvalue weighted by Gasteiger charge is 2.29. The highest BCUT2D eigenvalue weighted by atomic mass is 35.5. The average Bonchev–Trinajstić information content (AvgIpc) is 3.18. The third-order valence-corrected chi connectivity index (χ3v) is 6.43. The molecule has 4 rings (SSSR count). The maximum Gasteiger partial charge on any atom is 0.306 e. The molecule has 0 spiro atoms. The lowest BCUT2D eigenvalue weighted by Crippen LogP contribution is -2.18. The zero-order valence-corrected chi connectivity index (χ0v) is 19.6. The summed E-state index contributed by atoms with van der Waals surface area (Å²) in [6, 6.07) is 17.9. The summed E-state index contributed by atoms with van der Waals surface area (Å²) in [6.45, 7) is 5.51. The van der Waals surface area contributed by atoms with Crippen LogP contribution in [0.25, 0.3) is 0 Å². The van der Waals surface area contributed by atoms with Crippen molar-refractivity contribution in [2.24, 2.45) is 0 Å². The first-order valence-corrected chi connectivity index (χ1v) is 11.9. The van der Waals surface area contributed by atoms with Crippen LogP contribution >= 0.6 is 11.6 Å². The highest BCUT2D eigenvalue weighted by molar-refractivity contribution is 6.30. The summed E-state index contributed by atoms with van der Waals surface area (Å²) in [5.74, 6) is 1.66. The number of halogens is 1. The maximum atomic E-state index is 12.4. The zero-order valence-electron chi connectivity index (χ0n) is 18.9. The Morgan fingerprint density at radius 3 is 2.59 bits per heavy atom. The Balaban J connectivity index is 1.48. The molecule has 1 heterocycles. The molecule has 5 heteroatoms. The number of ether oxygens (including phenoxy) is 1. The van der Waals surface area contributed by atoms with Crippen molar-refractivity contribution < 1.29 is 9.53 Å². The molecule has 0 saturated heterocycles. The number of nitrogens with zero attached hydrogens (tertiary/aromatic N) is 2. The topological polar surface area (TPSA) is 44.1 Å². The lowest BCUT2D eigenvalue weighted by atomic mass is 9.86. The minimum atomic E-state index is -0.131. The van der Waals surface area contributed by atoms with Gasteiger partial charge in [0.1, 0.15) is 12.4 Å². The molecule has 1 atom stereocenters. The molecule has 0 fully saturated rings. The number of hydrogen-bond acceptors (Lipinski definition) is 3. The van der Waals surface area contributed by atoms with Gasteiger partial charge >= 0.3 is 5.97 Å². The molecule has 4 nitrogen and oxygen atoms in total. The quantitative estimate of drug-likeness (QED) is 0.361. The van der Waals surface area contributed by atoms with Gasteiger partial charge in [-0.05, 0) is 48.9 Å². The normalized spacial score (nSPS) is 15.6. The third kappa shape index (κ3) is 5.42. The second kappa shape index (κ2) is 10.4. The first-order chi connectivity index (χ1) is 15.5. The number of aryl methyl sites for hydroxylation is 1. The molecule has 0 amide bonds. The van der Waals surface area contributed by atoms with E-state index in [-0.39, 0.29) is 5.97 Å². The van der Waals surface area contributed by atoms with Crippen molar-refractivity contribution in [1.29, 1.82) is 0 Å². The van der Waals surface area contributed by atoms with Gasteiger partial charge in [-0.3, -0.25) is 4.79 Å². The van der Waals surface area contributed by atoms with E-state index in [0.717, 1.165) is 48.6 Å². The van der Waals surface area contributed by atoms with E-state index < -0.39 is 0 Å². The van der Waals surface area contributed by atoms with Gasteiger partial charge < -0.3 is 9.30 Å². The van der Waals surface area contributed by atoms with E-state index in [4.69, 9.17) is 21.3 Å². The van der Waals surface area contributed by atoms with Gasteiger partial charge in [-0.1, -0.05) is 67.9 Å². The molecule has 0 aliphatic heterocycles. The summed E-state index contributed by atoms with van der Waals surface area (Å²) in [6.07, 6.45) is 4.44. The number of benzene rings is 2. The van der Waals surface area contributed by atoms with Gasteiger partial charge in [-0.15, -0.1) is 0 Å². The summed E-state index contributed by atoms with van der Waals surface area (Å²) in [5.41, 5.74) is 4.74.